The molecule has 0 aliphatic carbocycles. The number of carbonyl (C=O) groups is 1. The minimum absolute atomic E-state index is 0. The summed E-state index contributed by atoms with van der Waals surface area (Å²) in [4.78, 5) is 23.3. The molecule has 0 spiro atoms. The van der Waals surface area contributed by atoms with Crippen LogP contribution in [0, 0.1) is 21.4 Å². The van der Waals surface area contributed by atoms with Crippen LogP contribution in [0.1, 0.15) is 18.9 Å². The normalized spacial score (nSPS) is 17.9. The lowest BCUT2D eigenvalue weighted by Gasteiger charge is -2.21. The molecule has 124 valence electrons. The SMILES string of the molecule is C[C@H](N[C@H]1CCN(c2ccc([N+](=O)[O-])cc2C#N)C1)C(N)=O.Cl. The van der Waals surface area contributed by atoms with Crippen molar-refractivity contribution < 1.29 is 9.72 Å². The van der Waals surface area contributed by atoms with Crippen LogP contribution in [-0.4, -0.2) is 36.0 Å². The maximum Gasteiger partial charge on any atom is 0.270 e. The van der Waals surface area contributed by atoms with Crippen molar-refractivity contribution in [2.24, 2.45) is 5.73 Å². The molecule has 2 atom stereocenters. The Bertz CT molecular complexity index is 646. The van der Waals surface area contributed by atoms with Crippen molar-refractivity contribution in [2.45, 2.75) is 25.4 Å². The number of hydrogen-bond acceptors (Lipinski definition) is 6. The second-order valence-electron chi connectivity index (χ2n) is 5.29. The number of carbonyl (C=O) groups excluding carboxylic acids is 1. The summed E-state index contributed by atoms with van der Waals surface area (Å²) in [5.41, 5.74) is 6.07. The highest BCUT2D eigenvalue weighted by molar-refractivity contribution is 5.85. The number of nitrogens with two attached hydrogens (primary N) is 1. The molecule has 3 N–H and O–H groups in total. The summed E-state index contributed by atoms with van der Waals surface area (Å²) in [6.07, 6.45) is 0.805. The van der Waals surface area contributed by atoms with Gasteiger partial charge in [-0.2, -0.15) is 5.26 Å². The highest BCUT2D eigenvalue weighted by atomic mass is 35.5. The van der Waals surface area contributed by atoms with Crippen LogP contribution in [0.5, 0.6) is 0 Å². The molecular formula is C14H18ClN5O3. The predicted molar refractivity (Wildman–Crippen MR) is 87.5 cm³/mol. The van der Waals surface area contributed by atoms with Gasteiger partial charge in [-0.1, -0.05) is 0 Å². The zero-order chi connectivity index (χ0) is 16.3. The van der Waals surface area contributed by atoms with E-state index in [4.69, 9.17) is 5.73 Å². The lowest BCUT2D eigenvalue weighted by molar-refractivity contribution is -0.384. The lowest BCUT2D eigenvalue weighted by Crippen LogP contribution is -2.45. The van der Waals surface area contributed by atoms with Crippen molar-refractivity contribution in [3.63, 3.8) is 0 Å². The minimum atomic E-state index is -0.520. The van der Waals surface area contributed by atoms with E-state index in [0.717, 1.165) is 6.42 Å². The molecule has 0 unspecified atom stereocenters. The molecule has 1 aliphatic heterocycles. The Morgan fingerprint density at radius 3 is 2.87 bits per heavy atom. The first-order valence-corrected chi connectivity index (χ1v) is 6.91. The first-order chi connectivity index (χ1) is 10.4. The molecule has 0 bridgehead atoms. The number of benzene rings is 1. The molecule has 1 aromatic carbocycles. The molecule has 9 heteroatoms. The first kappa shape index (κ1) is 18.7. The van der Waals surface area contributed by atoms with Gasteiger partial charge in [-0.3, -0.25) is 14.9 Å². The lowest BCUT2D eigenvalue weighted by atomic mass is 10.1. The van der Waals surface area contributed by atoms with E-state index in [-0.39, 0.29) is 29.7 Å². The fraction of sp³-hybridized carbons (Fsp3) is 0.429. The molecule has 1 heterocycles. The third-order valence-corrected chi connectivity index (χ3v) is 3.75. The monoisotopic (exact) mass is 339 g/mol. The Morgan fingerprint density at radius 2 is 2.30 bits per heavy atom. The molecule has 23 heavy (non-hydrogen) atoms. The number of anilines is 1. The fourth-order valence-electron chi connectivity index (χ4n) is 2.55. The number of amides is 1. The van der Waals surface area contributed by atoms with Gasteiger partial charge < -0.3 is 16.0 Å². The zero-order valence-corrected chi connectivity index (χ0v) is 13.4. The van der Waals surface area contributed by atoms with Gasteiger partial charge in [-0.05, 0) is 19.4 Å². The van der Waals surface area contributed by atoms with Crippen molar-refractivity contribution in [1.29, 1.82) is 5.26 Å². The van der Waals surface area contributed by atoms with E-state index in [9.17, 15) is 20.2 Å². The van der Waals surface area contributed by atoms with E-state index in [1.807, 2.05) is 11.0 Å². The van der Waals surface area contributed by atoms with Gasteiger partial charge in [0.25, 0.3) is 5.69 Å². The molecule has 1 saturated heterocycles. The number of primary amides is 1. The van der Waals surface area contributed by atoms with Crippen molar-refractivity contribution >= 4 is 29.7 Å². The number of nitrogens with zero attached hydrogens (tertiary/aromatic N) is 3. The van der Waals surface area contributed by atoms with E-state index in [0.29, 0.717) is 18.8 Å². The number of halogens is 1. The van der Waals surface area contributed by atoms with E-state index >= 15 is 0 Å². The summed E-state index contributed by atoms with van der Waals surface area (Å²) in [6, 6.07) is 5.93. The molecular weight excluding hydrogens is 322 g/mol. The summed E-state index contributed by atoms with van der Waals surface area (Å²) in [5.74, 6) is -0.411. The molecule has 1 aliphatic rings. The van der Waals surface area contributed by atoms with Crippen molar-refractivity contribution in [2.75, 3.05) is 18.0 Å². The average Bonchev–Trinajstić information content (AvgIpc) is 2.94. The van der Waals surface area contributed by atoms with Crippen LogP contribution in [-0.2, 0) is 4.79 Å². The summed E-state index contributed by atoms with van der Waals surface area (Å²) < 4.78 is 0. The number of non-ortho nitro benzene ring substituents is 1. The quantitative estimate of drug-likeness (QED) is 0.607. The molecule has 8 nitrogen and oxygen atoms in total. The van der Waals surface area contributed by atoms with Crippen LogP contribution in [0.15, 0.2) is 18.2 Å². The van der Waals surface area contributed by atoms with Crippen molar-refractivity contribution in [3.8, 4) is 6.07 Å². The average molecular weight is 340 g/mol. The molecule has 1 amide bonds. The van der Waals surface area contributed by atoms with Gasteiger partial charge in [-0.15, -0.1) is 12.4 Å². The maximum absolute atomic E-state index is 11.1. The second kappa shape index (κ2) is 7.76. The van der Waals surface area contributed by atoms with Gasteiger partial charge in [0.1, 0.15) is 6.07 Å². The maximum atomic E-state index is 11.1. The summed E-state index contributed by atoms with van der Waals surface area (Å²) in [5, 5.41) is 23.1. The Morgan fingerprint density at radius 1 is 1.61 bits per heavy atom. The van der Waals surface area contributed by atoms with Crippen LogP contribution < -0.4 is 16.0 Å². The summed E-state index contributed by atoms with van der Waals surface area (Å²) in [6.45, 7) is 3.03. The van der Waals surface area contributed by atoms with Crippen molar-refractivity contribution in [3.05, 3.63) is 33.9 Å². The highest BCUT2D eigenvalue weighted by Crippen LogP contribution is 2.27. The number of nitrogens with one attached hydrogen (secondary N) is 1. The molecule has 2 rings (SSSR count). The number of nitro benzene ring substituents is 1. The standard InChI is InChI=1S/C14H17N5O3.ClH/c1-9(14(16)20)17-11-4-5-18(8-11)13-3-2-12(19(21)22)6-10(13)7-15;/h2-3,6,9,11,17H,4-5,8H2,1H3,(H2,16,20);1H/t9-,11-;/m0./s1. The number of nitro groups is 1. The molecule has 0 aromatic heterocycles. The van der Waals surface area contributed by atoms with Gasteiger partial charge in [0, 0.05) is 31.3 Å². The van der Waals surface area contributed by atoms with Gasteiger partial charge in [-0.25, -0.2) is 0 Å². The first-order valence-electron chi connectivity index (χ1n) is 6.91. The number of rotatable bonds is 5. The van der Waals surface area contributed by atoms with Crippen LogP contribution in [0.25, 0.3) is 0 Å². The van der Waals surface area contributed by atoms with E-state index < -0.39 is 16.9 Å². The van der Waals surface area contributed by atoms with Gasteiger partial charge in [0.2, 0.25) is 5.91 Å². The van der Waals surface area contributed by atoms with E-state index in [1.165, 1.54) is 12.1 Å². The van der Waals surface area contributed by atoms with Crippen LogP contribution in [0.3, 0.4) is 0 Å². The largest absolute Gasteiger partial charge is 0.369 e. The van der Waals surface area contributed by atoms with E-state index in [1.54, 1.807) is 13.0 Å². The Labute approximate surface area is 139 Å². The van der Waals surface area contributed by atoms with Gasteiger partial charge >= 0.3 is 0 Å². The molecule has 0 radical (unpaired) electrons. The third-order valence-electron chi connectivity index (χ3n) is 3.75. The predicted octanol–water partition coefficient (Wildman–Crippen LogP) is 0.930. The Kier molecular flexibility index (Phi) is 6.30. The van der Waals surface area contributed by atoms with Crippen LogP contribution in [0.4, 0.5) is 11.4 Å². The Balaban J connectivity index is 0.00000264. The number of nitriles is 1. The smallest absolute Gasteiger partial charge is 0.270 e. The van der Waals surface area contributed by atoms with Gasteiger partial charge in [0.15, 0.2) is 0 Å². The Hall–Kier alpha value is -2.37. The van der Waals surface area contributed by atoms with Crippen LogP contribution >= 0.6 is 12.4 Å². The van der Waals surface area contributed by atoms with Crippen LogP contribution in [0.2, 0.25) is 0 Å². The fourth-order valence-corrected chi connectivity index (χ4v) is 2.55. The molecule has 0 saturated carbocycles. The van der Waals surface area contributed by atoms with Crippen molar-refractivity contribution in [1.82, 2.24) is 5.32 Å². The third kappa shape index (κ3) is 4.31. The van der Waals surface area contributed by atoms with Gasteiger partial charge in [0.05, 0.1) is 22.2 Å². The molecule has 1 aromatic rings. The zero-order valence-electron chi connectivity index (χ0n) is 12.6. The number of hydrogen-bond donors (Lipinski definition) is 2. The summed E-state index contributed by atoms with van der Waals surface area (Å²) in [7, 11) is 0. The van der Waals surface area contributed by atoms with E-state index in [2.05, 4.69) is 5.32 Å². The second-order valence-corrected chi connectivity index (χ2v) is 5.29. The highest BCUT2D eigenvalue weighted by Gasteiger charge is 2.27. The summed E-state index contributed by atoms with van der Waals surface area (Å²) >= 11 is 0. The topological polar surface area (TPSA) is 125 Å². The molecule has 1 fully saturated rings. The minimum Gasteiger partial charge on any atom is -0.369 e.